The van der Waals surface area contributed by atoms with Crippen LogP contribution < -0.4 is 4.57 Å². The highest BCUT2D eigenvalue weighted by Crippen LogP contribution is 2.16. The van der Waals surface area contributed by atoms with Crippen LogP contribution in [0.4, 0.5) is 0 Å². The summed E-state index contributed by atoms with van der Waals surface area (Å²) in [5, 5.41) is 0. The molecule has 0 bridgehead atoms. The van der Waals surface area contributed by atoms with Crippen LogP contribution in [0.1, 0.15) is 45.6 Å². The molecule has 0 N–H and O–H groups in total. The summed E-state index contributed by atoms with van der Waals surface area (Å²) in [5.41, 5.74) is 2.62. The summed E-state index contributed by atoms with van der Waals surface area (Å²) in [6.07, 6.45) is 7.68. The van der Waals surface area contributed by atoms with Crippen LogP contribution in [0.15, 0.2) is 43.0 Å². The lowest BCUT2D eigenvalue weighted by Crippen LogP contribution is -2.31. The molecule has 0 amide bonds. The van der Waals surface area contributed by atoms with Crippen LogP contribution in [0.25, 0.3) is 5.69 Å². The first kappa shape index (κ1) is 13.9. The van der Waals surface area contributed by atoms with Crippen LogP contribution in [-0.4, -0.2) is 4.57 Å². The Morgan fingerprint density at radius 2 is 1.74 bits per heavy atom. The maximum absolute atomic E-state index is 2.27. The lowest BCUT2D eigenvalue weighted by atomic mass is 10.0. The van der Waals surface area contributed by atoms with E-state index in [0.29, 0.717) is 5.92 Å². The van der Waals surface area contributed by atoms with E-state index in [2.05, 4.69) is 79.8 Å². The fourth-order valence-electron chi connectivity index (χ4n) is 2.12. The van der Waals surface area contributed by atoms with Crippen molar-refractivity contribution in [1.82, 2.24) is 4.57 Å². The maximum atomic E-state index is 2.27. The van der Waals surface area contributed by atoms with Crippen LogP contribution in [0, 0.1) is 5.92 Å². The van der Waals surface area contributed by atoms with Crippen molar-refractivity contribution in [2.75, 3.05) is 0 Å². The quantitative estimate of drug-likeness (QED) is 0.718. The van der Waals surface area contributed by atoms with Crippen LogP contribution in [-0.2, 0) is 6.54 Å². The summed E-state index contributed by atoms with van der Waals surface area (Å²) in [5.74, 6) is 1.34. The Kier molecular flexibility index (Phi) is 4.41. The van der Waals surface area contributed by atoms with E-state index in [4.69, 9.17) is 0 Å². The van der Waals surface area contributed by atoms with Gasteiger partial charge in [0.1, 0.15) is 18.1 Å². The lowest BCUT2D eigenvalue weighted by molar-refractivity contribution is -0.697. The Bertz CT molecular complexity index is 506. The van der Waals surface area contributed by atoms with Gasteiger partial charge in [-0.15, -0.1) is 0 Å². The van der Waals surface area contributed by atoms with Crippen molar-refractivity contribution in [1.29, 1.82) is 0 Å². The van der Waals surface area contributed by atoms with Crippen LogP contribution in [0.3, 0.4) is 0 Å². The molecular formula is C17H25N2+. The van der Waals surface area contributed by atoms with Gasteiger partial charge in [-0.25, -0.2) is 9.13 Å². The summed E-state index contributed by atoms with van der Waals surface area (Å²) in [7, 11) is 0. The zero-order valence-electron chi connectivity index (χ0n) is 12.5. The molecule has 0 aliphatic rings. The predicted molar refractivity (Wildman–Crippen MR) is 79.5 cm³/mol. The first-order valence-electron chi connectivity index (χ1n) is 7.23. The Balaban J connectivity index is 2.09. The minimum absolute atomic E-state index is 0.592. The molecule has 2 aromatic rings. The van der Waals surface area contributed by atoms with Gasteiger partial charge in [-0.2, -0.15) is 0 Å². The summed E-state index contributed by atoms with van der Waals surface area (Å²) < 4.78 is 4.45. The Labute approximate surface area is 116 Å². The van der Waals surface area contributed by atoms with E-state index >= 15 is 0 Å². The Hall–Kier alpha value is -1.57. The monoisotopic (exact) mass is 257 g/mol. The van der Waals surface area contributed by atoms with Crippen molar-refractivity contribution < 1.29 is 4.57 Å². The second-order valence-corrected chi connectivity index (χ2v) is 5.99. The highest BCUT2D eigenvalue weighted by Gasteiger charge is 2.07. The molecule has 0 saturated heterocycles. The van der Waals surface area contributed by atoms with Gasteiger partial charge in [0.05, 0.1) is 6.54 Å². The molecule has 1 aromatic heterocycles. The van der Waals surface area contributed by atoms with Crippen molar-refractivity contribution >= 4 is 0 Å². The third kappa shape index (κ3) is 3.69. The average Bonchev–Trinajstić information content (AvgIpc) is 2.85. The highest BCUT2D eigenvalue weighted by molar-refractivity contribution is 5.35. The molecule has 1 aromatic carbocycles. The maximum Gasteiger partial charge on any atom is 0.248 e. The van der Waals surface area contributed by atoms with E-state index in [0.717, 1.165) is 12.5 Å². The number of aromatic nitrogens is 2. The molecule has 0 atom stereocenters. The molecule has 0 unspecified atom stereocenters. The van der Waals surface area contributed by atoms with Gasteiger partial charge in [-0.1, -0.05) is 39.8 Å². The number of hydrogen-bond acceptors (Lipinski definition) is 0. The molecular weight excluding hydrogens is 232 g/mol. The molecule has 0 aliphatic heterocycles. The van der Waals surface area contributed by atoms with E-state index in [-0.39, 0.29) is 0 Å². The number of aryl methyl sites for hydroxylation is 1. The van der Waals surface area contributed by atoms with E-state index < -0.39 is 0 Å². The number of rotatable bonds is 5. The Morgan fingerprint density at radius 1 is 1.05 bits per heavy atom. The molecule has 2 nitrogen and oxygen atoms in total. The minimum atomic E-state index is 0.592. The van der Waals surface area contributed by atoms with Gasteiger partial charge in [0.15, 0.2) is 0 Å². The summed E-state index contributed by atoms with van der Waals surface area (Å²) >= 11 is 0. The number of imidazole rings is 1. The largest absolute Gasteiger partial charge is 0.248 e. The van der Waals surface area contributed by atoms with Crippen LogP contribution in [0.5, 0.6) is 0 Å². The molecule has 0 spiro atoms. The second kappa shape index (κ2) is 6.05. The number of nitrogens with zero attached hydrogens (tertiary/aromatic N) is 2. The molecule has 19 heavy (non-hydrogen) atoms. The van der Waals surface area contributed by atoms with Crippen LogP contribution in [0.2, 0.25) is 0 Å². The zero-order valence-corrected chi connectivity index (χ0v) is 12.5. The van der Waals surface area contributed by atoms with Gasteiger partial charge < -0.3 is 0 Å². The smallest absolute Gasteiger partial charge is 0.236 e. The molecule has 102 valence electrons. The molecule has 0 saturated carbocycles. The lowest BCUT2D eigenvalue weighted by Gasteiger charge is -2.04. The van der Waals surface area contributed by atoms with Gasteiger partial charge in [0.25, 0.3) is 0 Å². The van der Waals surface area contributed by atoms with E-state index in [1.54, 1.807) is 0 Å². The van der Waals surface area contributed by atoms with Crippen molar-refractivity contribution in [2.45, 2.75) is 46.6 Å². The van der Waals surface area contributed by atoms with Crippen molar-refractivity contribution in [3.63, 3.8) is 0 Å². The predicted octanol–water partition coefficient (Wildman–Crippen LogP) is 3.93. The van der Waals surface area contributed by atoms with Gasteiger partial charge in [-0.3, -0.25) is 0 Å². The normalized spacial score (nSPS) is 11.5. The molecule has 2 rings (SSSR count). The molecule has 0 aliphatic carbocycles. The van der Waals surface area contributed by atoms with E-state index in [9.17, 15) is 0 Å². The third-order valence-electron chi connectivity index (χ3n) is 3.51. The third-order valence-corrected chi connectivity index (χ3v) is 3.51. The molecule has 1 heterocycles. The van der Waals surface area contributed by atoms with Gasteiger partial charge in [-0.05, 0) is 36.0 Å². The first-order valence-corrected chi connectivity index (χ1v) is 7.23. The van der Waals surface area contributed by atoms with Gasteiger partial charge in [0, 0.05) is 0 Å². The second-order valence-electron chi connectivity index (χ2n) is 5.99. The topological polar surface area (TPSA) is 8.81 Å². The Morgan fingerprint density at radius 3 is 2.32 bits per heavy atom. The molecule has 0 radical (unpaired) electrons. The molecule has 0 fully saturated rings. The average molecular weight is 257 g/mol. The zero-order chi connectivity index (χ0) is 13.8. The van der Waals surface area contributed by atoms with Gasteiger partial charge in [0.2, 0.25) is 6.33 Å². The van der Waals surface area contributed by atoms with E-state index in [1.165, 1.54) is 17.7 Å². The van der Waals surface area contributed by atoms with Crippen molar-refractivity contribution in [3.05, 3.63) is 48.5 Å². The number of hydrogen-bond donors (Lipinski definition) is 0. The fourth-order valence-corrected chi connectivity index (χ4v) is 2.12. The molecule has 2 heteroatoms. The SMILES string of the molecule is CC(C)CC[n+]1ccn(-c2ccc(C(C)C)cc2)c1. The fraction of sp³-hybridized carbons (Fsp3) is 0.471. The van der Waals surface area contributed by atoms with E-state index in [1.807, 2.05) is 0 Å². The first-order chi connectivity index (χ1) is 9.06. The standard InChI is InChI=1S/C17H25N2/c1-14(2)9-10-18-11-12-19(13-18)17-7-5-16(6-8-17)15(3)4/h5-8,11-15H,9-10H2,1-4H3/q+1. The summed E-state index contributed by atoms with van der Waals surface area (Å²) in [6.45, 7) is 10.1. The van der Waals surface area contributed by atoms with Crippen LogP contribution >= 0.6 is 0 Å². The minimum Gasteiger partial charge on any atom is -0.236 e. The van der Waals surface area contributed by atoms with Crippen molar-refractivity contribution in [3.8, 4) is 5.69 Å². The highest BCUT2D eigenvalue weighted by atomic mass is 15.1. The van der Waals surface area contributed by atoms with Crippen molar-refractivity contribution in [2.24, 2.45) is 5.92 Å². The summed E-state index contributed by atoms with van der Waals surface area (Å²) in [6, 6.07) is 8.83. The number of benzene rings is 1. The van der Waals surface area contributed by atoms with Gasteiger partial charge >= 0.3 is 0 Å². The summed E-state index contributed by atoms with van der Waals surface area (Å²) in [4.78, 5) is 0.